The van der Waals surface area contributed by atoms with Crippen molar-refractivity contribution in [1.29, 1.82) is 0 Å². The van der Waals surface area contributed by atoms with E-state index >= 15 is 0 Å². The molecule has 2 rings (SSSR count). The molecule has 0 spiro atoms. The van der Waals surface area contributed by atoms with E-state index in [0.717, 1.165) is 0 Å². The number of sulfone groups is 1. The monoisotopic (exact) mass is 178 g/mol. The zero-order valence-electron chi connectivity index (χ0n) is 6.29. The third-order valence-corrected chi connectivity index (χ3v) is 3.75. The summed E-state index contributed by atoms with van der Waals surface area (Å²) in [5, 5.41) is 0. The van der Waals surface area contributed by atoms with E-state index in [9.17, 15) is 8.42 Å². The Morgan fingerprint density at radius 3 is 2.92 bits per heavy atom. The van der Waals surface area contributed by atoms with Crippen molar-refractivity contribution in [1.82, 2.24) is 0 Å². The van der Waals surface area contributed by atoms with E-state index in [1.54, 1.807) is 12.1 Å². The summed E-state index contributed by atoms with van der Waals surface area (Å²) >= 11 is 0. The minimum atomic E-state index is -3.23. The first-order chi connectivity index (χ1) is 5.62. The maximum atomic E-state index is 11.5. The molecule has 1 aromatic rings. The Balaban J connectivity index is 2.80. The summed E-state index contributed by atoms with van der Waals surface area (Å²) in [4.78, 5) is 0.597. The van der Waals surface area contributed by atoms with E-state index in [2.05, 4.69) is 18.7 Å². The third-order valence-electron chi connectivity index (χ3n) is 1.88. The van der Waals surface area contributed by atoms with Crippen LogP contribution < -0.4 is 0 Å². The Labute approximate surface area is 71.5 Å². The molecule has 0 saturated carbocycles. The van der Waals surface area contributed by atoms with Crippen LogP contribution in [0.3, 0.4) is 0 Å². The number of hydrogen-bond acceptors (Lipinski definition) is 2. The molecule has 12 heavy (non-hydrogen) atoms. The predicted octanol–water partition coefficient (Wildman–Crippen LogP) is 1.13. The van der Waals surface area contributed by atoms with Gasteiger partial charge >= 0.3 is 0 Å². The Kier molecular flexibility index (Phi) is 1.30. The number of rotatable bonds is 0. The normalized spacial score (nSPS) is 18.5. The Morgan fingerprint density at radius 1 is 1.50 bits per heavy atom. The average molecular weight is 178 g/mol. The van der Waals surface area contributed by atoms with Crippen LogP contribution in [0.5, 0.6) is 0 Å². The van der Waals surface area contributed by atoms with Crippen molar-refractivity contribution in [2.24, 2.45) is 0 Å². The van der Waals surface area contributed by atoms with Crippen LogP contribution >= 0.6 is 0 Å². The van der Waals surface area contributed by atoms with E-state index in [0.29, 0.717) is 16.9 Å². The van der Waals surface area contributed by atoms with Gasteiger partial charge in [-0.25, -0.2) is 8.42 Å². The lowest BCUT2D eigenvalue weighted by atomic mass is 10.2. The fourth-order valence-corrected chi connectivity index (χ4v) is 2.58. The van der Waals surface area contributed by atoms with Gasteiger partial charge in [-0.05, 0) is 12.1 Å². The molecule has 0 saturated heterocycles. The lowest BCUT2D eigenvalue weighted by Gasteiger charge is -1.92. The first-order valence-electron chi connectivity index (χ1n) is 3.46. The second-order valence-electron chi connectivity index (χ2n) is 2.66. The van der Waals surface area contributed by atoms with Crippen molar-refractivity contribution in [2.75, 3.05) is 0 Å². The summed E-state index contributed by atoms with van der Waals surface area (Å²) in [7, 11) is -3.23. The number of hydrogen-bond donors (Lipinski definition) is 0. The molecule has 1 heterocycles. The molecule has 60 valence electrons. The van der Waals surface area contributed by atoms with Gasteiger partial charge in [0.25, 0.3) is 0 Å². The number of fused-ring (bicyclic) bond motifs is 1. The van der Waals surface area contributed by atoms with Crippen LogP contribution in [0.15, 0.2) is 28.5 Å². The van der Waals surface area contributed by atoms with Gasteiger partial charge in [-0.15, -0.1) is 0 Å². The standard InChI is InChI=1S/C9H6O2S/c1-7-6-8-4-2-3-5-9(8)12(7,10)11/h3,5H,1,6H2. The van der Waals surface area contributed by atoms with Crippen LogP contribution in [0, 0.1) is 12.1 Å². The van der Waals surface area contributed by atoms with Gasteiger partial charge in [0, 0.05) is 16.9 Å². The Morgan fingerprint density at radius 2 is 2.25 bits per heavy atom. The highest BCUT2D eigenvalue weighted by molar-refractivity contribution is 7.95. The van der Waals surface area contributed by atoms with Crippen molar-refractivity contribution >= 4 is 9.84 Å². The molecule has 0 fully saturated rings. The fraction of sp³-hybridized carbons (Fsp3) is 0.111. The minimum absolute atomic E-state index is 0.258. The maximum absolute atomic E-state index is 11.5. The third kappa shape index (κ3) is 0.788. The van der Waals surface area contributed by atoms with Crippen LogP contribution in [0.2, 0.25) is 0 Å². The molecule has 0 atom stereocenters. The molecule has 0 bridgehead atoms. The summed E-state index contributed by atoms with van der Waals surface area (Å²) in [6.07, 6.45) is 0.384. The van der Waals surface area contributed by atoms with Gasteiger partial charge in [-0.1, -0.05) is 18.7 Å². The van der Waals surface area contributed by atoms with Gasteiger partial charge < -0.3 is 0 Å². The Bertz CT molecular complexity index is 443. The smallest absolute Gasteiger partial charge is 0.203 e. The molecule has 2 nitrogen and oxygen atoms in total. The quantitative estimate of drug-likeness (QED) is 0.596. The second kappa shape index (κ2) is 2.11. The molecule has 0 aromatic heterocycles. The fourth-order valence-electron chi connectivity index (χ4n) is 1.24. The highest BCUT2D eigenvalue weighted by atomic mass is 32.2. The van der Waals surface area contributed by atoms with E-state index in [1.165, 1.54) is 0 Å². The van der Waals surface area contributed by atoms with Crippen molar-refractivity contribution in [3.05, 3.63) is 41.3 Å². The SMILES string of the molecule is C=C1Cc2c#cccc2S1(=O)=O. The van der Waals surface area contributed by atoms with Crippen molar-refractivity contribution in [3.8, 4) is 0 Å². The van der Waals surface area contributed by atoms with E-state index in [1.807, 2.05) is 0 Å². The molecule has 1 aliphatic heterocycles. The summed E-state index contributed by atoms with van der Waals surface area (Å²) in [5.41, 5.74) is 0.683. The largest absolute Gasteiger partial charge is 0.219 e. The predicted molar refractivity (Wildman–Crippen MR) is 44.1 cm³/mol. The molecule has 0 aliphatic carbocycles. The molecular weight excluding hydrogens is 172 g/mol. The molecule has 0 unspecified atom stereocenters. The van der Waals surface area contributed by atoms with Crippen LogP contribution in [-0.4, -0.2) is 8.42 Å². The average Bonchev–Trinajstić information content (AvgIpc) is 2.25. The van der Waals surface area contributed by atoms with Crippen LogP contribution in [-0.2, 0) is 16.3 Å². The molecule has 0 radical (unpaired) electrons. The zero-order chi connectivity index (χ0) is 8.77. The molecular formula is C9H6O2S. The lowest BCUT2D eigenvalue weighted by molar-refractivity contribution is 0.604. The summed E-state index contributed by atoms with van der Waals surface area (Å²) in [6, 6.07) is 8.58. The highest BCUT2D eigenvalue weighted by Crippen LogP contribution is 2.30. The van der Waals surface area contributed by atoms with Gasteiger partial charge in [-0.3, -0.25) is 0 Å². The van der Waals surface area contributed by atoms with Gasteiger partial charge in [0.1, 0.15) is 0 Å². The summed E-state index contributed by atoms with van der Waals surface area (Å²) < 4.78 is 22.9. The van der Waals surface area contributed by atoms with Crippen LogP contribution in [0.1, 0.15) is 5.56 Å². The summed E-state index contributed by atoms with van der Waals surface area (Å²) in [6.45, 7) is 3.50. The first-order valence-corrected chi connectivity index (χ1v) is 4.95. The lowest BCUT2D eigenvalue weighted by Crippen LogP contribution is -1.95. The maximum Gasteiger partial charge on any atom is 0.203 e. The first kappa shape index (κ1) is 7.38. The van der Waals surface area contributed by atoms with Crippen LogP contribution in [0.25, 0.3) is 0 Å². The van der Waals surface area contributed by atoms with Crippen molar-refractivity contribution in [2.45, 2.75) is 11.3 Å². The van der Waals surface area contributed by atoms with Gasteiger partial charge in [-0.2, -0.15) is 0 Å². The summed E-state index contributed by atoms with van der Waals surface area (Å²) in [5.74, 6) is 0. The second-order valence-corrected chi connectivity index (χ2v) is 4.69. The Hall–Kier alpha value is -1.27. The van der Waals surface area contributed by atoms with Crippen molar-refractivity contribution < 1.29 is 8.42 Å². The van der Waals surface area contributed by atoms with Gasteiger partial charge in [0.15, 0.2) is 0 Å². The van der Waals surface area contributed by atoms with Gasteiger partial charge in [0.05, 0.1) is 4.90 Å². The molecule has 0 N–H and O–H groups in total. The van der Waals surface area contributed by atoms with E-state index < -0.39 is 9.84 Å². The zero-order valence-corrected chi connectivity index (χ0v) is 7.11. The minimum Gasteiger partial charge on any atom is -0.219 e. The van der Waals surface area contributed by atoms with Gasteiger partial charge in [0.2, 0.25) is 9.84 Å². The number of allylic oxidation sites excluding steroid dienone is 1. The van der Waals surface area contributed by atoms with Crippen LogP contribution in [0.4, 0.5) is 0 Å². The molecule has 1 aromatic carbocycles. The molecule has 3 heteroatoms. The molecule has 0 amide bonds. The van der Waals surface area contributed by atoms with E-state index in [-0.39, 0.29) is 4.91 Å². The highest BCUT2D eigenvalue weighted by Gasteiger charge is 2.29. The van der Waals surface area contributed by atoms with Crippen molar-refractivity contribution in [3.63, 3.8) is 0 Å². The molecule has 1 aliphatic rings. The van der Waals surface area contributed by atoms with E-state index in [4.69, 9.17) is 0 Å². The topological polar surface area (TPSA) is 34.1 Å².